The minimum atomic E-state index is 0.0934. The van der Waals surface area contributed by atoms with Crippen molar-refractivity contribution in [2.24, 2.45) is 0 Å². The van der Waals surface area contributed by atoms with Crippen LogP contribution in [0.1, 0.15) is 19.5 Å². The molecule has 144 valence electrons. The molecule has 28 heavy (non-hydrogen) atoms. The molecule has 0 spiro atoms. The second-order valence-corrected chi connectivity index (χ2v) is 7.69. The van der Waals surface area contributed by atoms with Crippen molar-refractivity contribution < 1.29 is 4.79 Å². The number of thioether (sulfide) groups is 1. The molecule has 0 atom stereocenters. The maximum Gasteiger partial charge on any atom is 0.237 e. The molecule has 0 unspecified atom stereocenters. The van der Waals surface area contributed by atoms with Crippen LogP contribution in [0.2, 0.25) is 0 Å². The van der Waals surface area contributed by atoms with Crippen LogP contribution in [0.3, 0.4) is 0 Å². The number of rotatable bonds is 8. The van der Waals surface area contributed by atoms with E-state index in [2.05, 4.69) is 10.3 Å². The first-order valence-electron chi connectivity index (χ1n) is 9.35. The monoisotopic (exact) mass is 391 g/mol. The highest BCUT2D eigenvalue weighted by Crippen LogP contribution is 2.24. The van der Waals surface area contributed by atoms with Crippen LogP contribution < -0.4 is 10.2 Å². The fourth-order valence-corrected chi connectivity index (χ4v) is 3.72. The van der Waals surface area contributed by atoms with E-state index in [-0.39, 0.29) is 11.9 Å². The van der Waals surface area contributed by atoms with Gasteiger partial charge in [0.1, 0.15) is 0 Å². The zero-order chi connectivity index (χ0) is 19.8. The number of hydrogen-bond acceptors (Lipinski definition) is 4. The number of anilines is 3. The lowest BCUT2D eigenvalue weighted by Gasteiger charge is -2.27. The fourth-order valence-electron chi connectivity index (χ4n) is 2.92. The lowest BCUT2D eigenvalue weighted by atomic mass is 10.2. The second-order valence-electron chi connectivity index (χ2n) is 6.71. The molecule has 0 aliphatic rings. The third kappa shape index (κ3) is 5.60. The lowest BCUT2D eigenvalue weighted by molar-refractivity contribution is -0.116. The van der Waals surface area contributed by atoms with Crippen molar-refractivity contribution in [2.75, 3.05) is 16.0 Å². The maximum absolute atomic E-state index is 12.8. The average Bonchev–Trinajstić information content (AvgIpc) is 2.71. The van der Waals surface area contributed by atoms with E-state index < -0.39 is 0 Å². The highest BCUT2D eigenvalue weighted by molar-refractivity contribution is 7.99. The molecule has 3 rings (SSSR count). The first kappa shape index (κ1) is 20.0. The quantitative estimate of drug-likeness (QED) is 0.551. The molecule has 0 radical (unpaired) electrons. The second kappa shape index (κ2) is 9.95. The number of nitrogens with zero attached hydrogens (tertiary/aromatic N) is 2. The molecule has 4 nitrogen and oxygen atoms in total. The topological polar surface area (TPSA) is 45.2 Å². The van der Waals surface area contributed by atoms with Crippen molar-refractivity contribution in [3.05, 3.63) is 84.7 Å². The van der Waals surface area contributed by atoms with E-state index in [0.29, 0.717) is 5.75 Å². The van der Waals surface area contributed by atoms with E-state index in [1.165, 1.54) is 0 Å². The zero-order valence-electron chi connectivity index (χ0n) is 16.2. The normalized spacial score (nSPS) is 10.7. The summed E-state index contributed by atoms with van der Waals surface area (Å²) < 4.78 is 0. The number of pyridine rings is 1. The average molecular weight is 392 g/mol. The van der Waals surface area contributed by atoms with Gasteiger partial charge in [-0.2, -0.15) is 0 Å². The molecule has 0 fully saturated rings. The Bertz CT molecular complexity index is 867. The number of carbonyl (C=O) groups is 1. The van der Waals surface area contributed by atoms with Crippen molar-refractivity contribution in [2.45, 2.75) is 25.6 Å². The third-order valence-electron chi connectivity index (χ3n) is 4.19. The molecule has 5 heteroatoms. The van der Waals surface area contributed by atoms with Gasteiger partial charge in [0.25, 0.3) is 0 Å². The Morgan fingerprint density at radius 1 is 0.964 bits per heavy atom. The van der Waals surface area contributed by atoms with Gasteiger partial charge in [-0.3, -0.25) is 9.78 Å². The standard InChI is InChI=1S/C23H25N3OS/c1-18(2)26(23(27)17-28-16-21-10-6-7-15-24-21)22-13-11-20(12-14-22)25-19-8-4-3-5-9-19/h3-15,18,25H,16-17H2,1-2H3. The summed E-state index contributed by atoms with van der Waals surface area (Å²) in [5.74, 6) is 1.27. The Morgan fingerprint density at radius 3 is 2.29 bits per heavy atom. The van der Waals surface area contributed by atoms with Gasteiger partial charge in [-0.05, 0) is 62.4 Å². The molecule has 1 aromatic heterocycles. The molecular weight excluding hydrogens is 366 g/mol. The van der Waals surface area contributed by atoms with Gasteiger partial charge < -0.3 is 10.2 Å². The molecule has 0 saturated carbocycles. The fraction of sp³-hybridized carbons (Fsp3) is 0.217. The summed E-state index contributed by atoms with van der Waals surface area (Å²) >= 11 is 1.59. The van der Waals surface area contributed by atoms with Gasteiger partial charge in [0.2, 0.25) is 5.91 Å². The van der Waals surface area contributed by atoms with E-state index in [4.69, 9.17) is 0 Å². The Balaban J connectivity index is 1.61. The summed E-state index contributed by atoms with van der Waals surface area (Å²) in [6.45, 7) is 4.08. The number of benzene rings is 2. The first-order valence-corrected chi connectivity index (χ1v) is 10.5. The van der Waals surface area contributed by atoms with Gasteiger partial charge in [-0.25, -0.2) is 0 Å². The molecule has 3 aromatic rings. The highest BCUT2D eigenvalue weighted by Gasteiger charge is 2.19. The predicted molar refractivity (Wildman–Crippen MR) is 119 cm³/mol. The SMILES string of the molecule is CC(C)N(C(=O)CSCc1ccccn1)c1ccc(Nc2ccccc2)cc1. The smallest absolute Gasteiger partial charge is 0.237 e. The largest absolute Gasteiger partial charge is 0.356 e. The molecule has 0 aliphatic heterocycles. The van der Waals surface area contributed by atoms with Crippen molar-refractivity contribution >= 4 is 34.7 Å². The summed E-state index contributed by atoms with van der Waals surface area (Å²) in [6, 6.07) is 24.0. The molecule has 2 aromatic carbocycles. The van der Waals surface area contributed by atoms with Crippen LogP contribution in [0.25, 0.3) is 0 Å². The van der Waals surface area contributed by atoms with Crippen molar-refractivity contribution in [3.63, 3.8) is 0 Å². The number of aromatic nitrogens is 1. The molecule has 1 amide bonds. The van der Waals surface area contributed by atoms with Crippen LogP contribution in [0.4, 0.5) is 17.1 Å². The van der Waals surface area contributed by atoms with E-state index in [9.17, 15) is 4.79 Å². The summed E-state index contributed by atoms with van der Waals surface area (Å²) in [5.41, 5.74) is 3.94. The Morgan fingerprint density at radius 2 is 1.64 bits per heavy atom. The number of amides is 1. The van der Waals surface area contributed by atoms with E-state index in [0.717, 1.165) is 28.5 Å². The van der Waals surface area contributed by atoms with Crippen molar-refractivity contribution in [1.29, 1.82) is 0 Å². The van der Waals surface area contributed by atoms with Crippen LogP contribution in [0.5, 0.6) is 0 Å². The van der Waals surface area contributed by atoms with Crippen LogP contribution in [-0.4, -0.2) is 22.7 Å². The van der Waals surface area contributed by atoms with Gasteiger partial charge in [0, 0.05) is 35.1 Å². The van der Waals surface area contributed by atoms with Crippen LogP contribution in [0.15, 0.2) is 79.0 Å². The van der Waals surface area contributed by atoms with Gasteiger partial charge in [0.15, 0.2) is 0 Å². The van der Waals surface area contributed by atoms with E-state index >= 15 is 0 Å². The number of hydrogen-bond donors (Lipinski definition) is 1. The Labute approximate surface area is 171 Å². The summed E-state index contributed by atoms with van der Waals surface area (Å²) in [4.78, 5) is 19.0. The first-order chi connectivity index (χ1) is 13.6. The predicted octanol–water partition coefficient (Wildman–Crippen LogP) is 5.50. The highest BCUT2D eigenvalue weighted by atomic mass is 32.2. The van der Waals surface area contributed by atoms with Crippen molar-refractivity contribution in [3.8, 4) is 0 Å². The maximum atomic E-state index is 12.8. The molecule has 0 bridgehead atoms. The Hall–Kier alpha value is -2.79. The van der Waals surface area contributed by atoms with Gasteiger partial charge in [0.05, 0.1) is 11.4 Å². The number of carbonyl (C=O) groups excluding carboxylic acids is 1. The number of nitrogens with one attached hydrogen (secondary N) is 1. The minimum Gasteiger partial charge on any atom is -0.356 e. The van der Waals surface area contributed by atoms with E-state index in [1.54, 1.807) is 18.0 Å². The van der Waals surface area contributed by atoms with Gasteiger partial charge >= 0.3 is 0 Å². The molecule has 1 heterocycles. The molecular formula is C23H25N3OS. The molecule has 0 saturated heterocycles. The zero-order valence-corrected chi connectivity index (χ0v) is 17.0. The third-order valence-corrected chi connectivity index (χ3v) is 5.15. The van der Waals surface area contributed by atoms with E-state index in [1.807, 2.05) is 91.5 Å². The van der Waals surface area contributed by atoms with Gasteiger partial charge in [-0.15, -0.1) is 11.8 Å². The van der Waals surface area contributed by atoms with Crippen LogP contribution >= 0.6 is 11.8 Å². The van der Waals surface area contributed by atoms with Gasteiger partial charge in [-0.1, -0.05) is 24.3 Å². The lowest BCUT2D eigenvalue weighted by Crippen LogP contribution is -2.38. The summed E-state index contributed by atoms with van der Waals surface area (Å²) in [7, 11) is 0. The molecule has 0 aliphatic carbocycles. The number of para-hydroxylation sites is 1. The summed E-state index contributed by atoms with van der Waals surface area (Å²) in [5, 5.41) is 3.37. The molecule has 1 N–H and O–H groups in total. The Kier molecular flexibility index (Phi) is 7.09. The summed E-state index contributed by atoms with van der Waals surface area (Å²) in [6.07, 6.45) is 1.78. The van der Waals surface area contributed by atoms with Crippen LogP contribution in [-0.2, 0) is 10.5 Å². The minimum absolute atomic E-state index is 0.0934. The van der Waals surface area contributed by atoms with Crippen LogP contribution in [0, 0.1) is 0 Å². The van der Waals surface area contributed by atoms with Crippen molar-refractivity contribution in [1.82, 2.24) is 4.98 Å².